The molecule has 224 valence electrons. The molecule has 3 fully saturated rings. The molecule has 0 saturated carbocycles. The van der Waals surface area contributed by atoms with Gasteiger partial charge in [0.25, 0.3) is 0 Å². The summed E-state index contributed by atoms with van der Waals surface area (Å²) in [5.41, 5.74) is 3.96. The number of hydrogen-bond donors (Lipinski definition) is 0. The Balaban J connectivity index is 0.996. The average Bonchev–Trinajstić information content (AvgIpc) is 3.51. The molecule has 3 aromatic carbocycles. The number of hydrogen-bond acceptors (Lipinski definition) is 4. The van der Waals surface area contributed by atoms with Crippen molar-refractivity contribution in [2.45, 2.75) is 81.8 Å². The van der Waals surface area contributed by atoms with Gasteiger partial charge in [-0.2, -0.15) is 0 Å². The summed E-state index contributed by atoms with van der Waals surface area (Å²) >= 11 is 0. The molecule has 0 N–H and O–H groups in total. The first-order valence-corrected chi connectivity index (χ1v) is 16.3. The number of aromatic nitrogens is 2. The van der Waals surface area contributed by atoms with Crippen LogP contribution in [-0.2, 0) is 10.2 Å². The van der Waals surface area contributed by atoms with E-state index in [9.17, 15) is 4.79 Å². The molecule has 0 aliphatic carbocycles. The smallest absolute Gasteiger partial charge is 0.225 e. The van der Waals surface area contributed by atoms with E-state index in [0.29, 0.717) is 31.2 Å². The second-order valence-corrected chi connectivity index (χ2v) is 13.0. The molecule has 3 atom stereocenters. The Kier molecular flexibility index (Phi) is 7.96. The van der Waals surface area contributed by atoms with Gasteiger partial charge in [0.05, 0.1) is 24.1 Å². The molecule has 7 rings (SSSR count). The van der Waals surface area contributed by atoms with Gasteiger partial charge in [-0.15, -0.1) is 0 Å². The third-order valence-electron chi connectivity index (χ3n) is 10.6. The quantitative estimate of drug-likeness (QED) is 0.217. The van der Waals surface area contributed by atoms with Crippen LogP contribution in [0.1, 0.15) is 68.8 Å². The van der Waals surface area contributed by atoms with E-state index in [-0.39, 0.29) is 11.3 Å². The van der Waals surface area contributed by atoms with Crippen LogP contribution in [0.5, 0.6) is 5.75 Å². The van der Waals surface area contributed by atoms with E-state index in [1.54, 1.807) is 0 Å². The van der Waals surface area contributed by atoms with Gasteiger partial charge in [-0.3, -0.25) is 9.69 Å². The van der Waals surface area contributed by atoms with E-state index in [4.69, 9.17) is 9.72 Å². The Morgan fingerprint density at radius 2 is 1.51 bits per heavy atom. The molecule has 0 unspecified atom stereocenters. The highest BCUT2D eigenvalue weighted by molar-refractivity contribution is 5.77. The molecule has 0 spiro atoms. The predicted octanol–water partition coefficient (Wildman–Crippen LogP) is 6.93. The summed E-state index contributed by atoms with van der Waals surface area (Å²) in [5, 5.41) is 0. The first-order chi connectivity index (χ1) is 21.1. The molecule has 3 saturated heterocycles. The number of piperidine rings is 2. The minimum absolute atomic E-state index is 0.117. The standard InChI is InChI=1S/C37H44N4O2/c1-28-38-34-14-8-9-15-35(34)41(28)32-26-30-16-17-31(27-32)40(30)24-21-37(29-10-4-2-5-11-29)19-22-39(23-20-37)36(42)18-25-43-33-12-6-3-7-13-33/h2-15,30-32H,16-27H2,1H3/t30-,31+,32+. The Hall–Kier alpha value is -3.64. The summed E-state index contributed by atoms with van der Waals surface area (Å²) in [6.07, 6.45) is 8.66. The topological polar surface area (TPSA) is 50.6 Å². The molecule has 2 bridgehead atoms. The normalized spacial score (nSPS) is 23.5. The molecule has 4 heterocycles. The monoisotopic (exact) mass is 576 g/mol. The lowest BCUT2D eigenvalue weighted by atomic mass is 9.70. The van der Waals surface area contributed by atoms with Crippen LogP contribution in [0.2, 0.25) is 0 Å². The maximum Gasteiger partial charge on any atom is 0.225 e. The highest BCUT2D eigenvalue weighted by atomic mass is 16.5. The van der Waals surface area contributed by atoms with Crippen molar-refractivity contribution >= 4 is 16.9 Å². The number of fused-ring (bicyclic) bond motifs is 3. The van der Waals surface area contributed by atoms with Gasteiger partial charge in [-0.1, -0.05) is 60.7 Å². The molecule has 43 heavy (non-hydrogen) atoms. The minimum atomic E-state index is 0.117. The van der Waals surface area contributed by atoms with E-state index in [2.05, 4.69) is 75.9 Å². The van der Waals surface area contributed by atoms with Crippen LogP contribution in [0, 0.1) is 6.92 Å². The summed E-state index contributed by atoms with van der Waals surface area (Å²) in [4.78, 5) is 22.9. The molecule has 3 aliphatic heterocycles. The number of nitrogens with zero attached hydrogens (tertiary/aromatic N) is 4. The number of carbonyl (C=O) groups excluding carboxylic acids is 1. The molecule has 6 heteroatoms. The van der Waals surface area contributed by atoms with Crippen LogP contribution in [0.15, 0.2) is 84.9 Å². The van der Waals surface area contributed by atoms with Crippen LogP contribution in [0.3, 0.4) is 0 Å². The first-order valence-electron chi connectivity index (χ1n) is 16.3. The van der Waals surface area contributed by atoms with Crippen molar-refractivity contribution in [3.05, 3.63) is 96.3 Å². The molecule has 6 nitrogen and oxygen atoms in total. The number of rotatable bonds is 9. The van der Waals surface area contributed by atoms with Gasteiger partial charge in [-0.05, 0) is 93.7 Å². The first kappa shape index (κ1) is 28.1. The van der Waals surface area contributed by atoms with Crippen molar-refractivity contribution in [1.82, 2.24) is 19.4 Å². The summed E-state index contributed by atoms with van der Waals surface area (Å²) in [6.45, 7) is 5.38. The van der Waals surface area contributed by atoms with Gasteiger partial charge in [0.2, 0.25) is 5.91 Å². The van der Waals surface area contributed by atoms with Gasteiger partial charge in [0.15, 0.2) is 0 Å². The van der Waals surface area contributed by atoms with Gasteiger partial charge in [0.1, 0.15) is 11.6 Å². The van der Waals surface area contributed by atoms with Crippen LogP contribution in [-0.4, -0.2) is 63.6 Å². The number of likely N-dealkylation sites (tertiary alicyclic amines) is 1. The van der Waals surface area contributed by atoms with Crippen molar-refractivity contribution in [3.63, 3.8) is 0 Å². The molecular weight excluding hydrogens is 532 g/mol. The molecule has 3 aliphatic rings. The Labute approximate surface area is 255 Å². The van der Waals surface area contributed by atoms with E-state index < -0.39 is 0 Å². The zero-order chi connectivity index (χ0) is 29.2. The molecule has 4 aromatic rings. The second kappa shape index (κ2) is 12.2. The Morgan fingerprint density at radius 1 is 0.860 bits per heavy atom. The summed E-state index contributed by atoms with van der Waals surface area (Å²) < 4.78 is 8.34. The van der Waals surface area contributed by atoms with Crippen LogP contribution >= 0.6 is 0 Å². The number of carbonyl (C=O) groups is 1. The fourth-order valence-electron chi connectivity index (χ4n) is 8.38. The van der Waals surface area contributed by atoms with Crippen molar-refractivity contribution in [1.29, 1.82) is 0 Å². The van der Waals surface area contributed by atoms with Crippen LogP contribution in [0.25, 0.3) is 11.0 Å². The predicted molar refractivity (Wildman–Crippen MR) is 171 cm³/mol. The average molecular weight is 577 g/mol. The highest BCUT2D eigenvalue weighted by Gasteiger charge is 2.44. The molecular formula is C37H44N4O2. The SMILES string of the molecule is Cc1nc2ccccc2n1[C@H]1C[C@H]2CC[C@@H](C1)N2CCC1(c2ccccc2)CCN(C(=O)CCOc2ccccc2)CC1. The van der Waals surface area contributed by atoms with E-state index in [0.717, 1.165) is 56.0 Å². The lowest BCUT2D eigenvalue weighted by Crippen LogP contribution is -2.49. The lowest BCUT2D eigenvalue weighted by Gasteiger charge is -2.45. The zero-order valence-electron chi connectivity index (χ0n) is 25.4. The third kappa shape index (κ3) is 5.70. The minimum Gasteiger partial charge on any atom is -0.493 e. The van der Waals surface area contributed by atoms with Crippen molar-refractivity contribution in [3.8, 4) is 5.75 Å². The maximum atomic E-state index is 13.1. The Bertz CT molecular complexity index is 1510. The van der Waals surface area contributed by atoms with E-state index >= 15 is 0 Å². The van der Waals surface area contributed by atoms with Gasteiger partial charge in [-0.25, -0.2) is 4.98 Å². The van der Waals surface area contributed by atoms with Gasteiger partial charge < -0.3 is 14.2 Å². The second-order valence-electron chi connectivity index (χ2n) is 13.0. The molecule has 0 radical (unpaired) electrons. The molecule has 1 amide bonds. The van der Waals surface area contributed by atoms with E-state index in [1.165, 1.54) is 36.8 Å². The fraction of sp³-hybridized carbons (Fsp3) is 0.459. The number of aryl methyl sites for hydroxylation is 1. The highest BCUT2D eigenvalue weighted by Crippen LogP contribution is 2.45. The molecule has 1 aromatic heterocycles. The van der Waals surface area contributed by atoms with Crippen molar-refractivity contribution in [2.75, 3.05) is 26.2 Å². The lowest BCUT2D eigenvalue weighted by molar-refractivity contribution is -0.133. The Morgan fingerprint density at radius 3 is 2.23 bits per heavy atom. The number of amides is 1. The number of imidazole rings is 1. The van der Waals surface area contributed by atoms with Crippen molar-refractivity contribution < 1.29 is 9.53 Å². The summed E-state index contributed by atoms with van der Waals surface area (Å²) in [5.74, 6) is 2.18. The zero-order valence-corrected chi connectivity index (χ0v) is 25.4. The maximum absolute atomic E-state index is 13.1. The van der Waals surface area contributed by atoms with Gasteiger partial charge in [0, 0.05) is 31.2 Å². The largest absolute Gasteiger partial charge is 0.493 e. The van der Waals surface area contributed by atoms with Crippen molar-refractivity contribution in [2.24, 2.45) is 0 Å². The number of para-hydroxylation sites is 3. The number of benzene rings is 3. The van der Waals surface area contributed by atoms with Crippen LogP contribution in [0.4, 0.5) is 0 Å². The van der Waals surface area contributed by atoms with Gasteiger partial charge >= 0.3 is 0 Å². The van der Waals surface area contributed by atoms with Crippen LogP contribution < -0.4 is 4.74 Å². The summed E-state index contributed by atoms with van der Waals surface area (Å²) in [6, 6.07) is 31.3. The number of ether oxygens (including phenoxy) is 1. The van der Waals surface area contributed by atoms with E-state index in [1.807, 2.05) is 30.3 Å². The summed E-state index contributed by atoms with van der Waals surface area (Å²) in [7, 11) is 0. The fourth-order valence-corrected chi connectivity index (χ4v) is 8.38. The third-order valence-corrected chi connectivity index (χ3v) is 10.6.